The third kappa shape index (κ3) is 2.50. The molecule has 0 unspecified atom stereocenters. The number of aryl methyl sites for hydroxylation is 2. The average molecular weight is 220 g/mol. The van der Waals surface area contributed by atoms with Gasteiger partial charge in [-0.05, 0) is 38.1 Å². The van der Waals surface area contributed by atoms with Crippen molar-refractivity contribution in [2.24, 2.45) is 11.1 Å². The summed E-state index contributed by atoms with van der Waals surface area (Å²) in [6.07, 6.45) is 3.42. The van der Waals surface area contributed by atoms with Gasteiger partial charge in [0, 0.05) is 18.3 Å². The van der Waals surface area contributed by atoms with Gasteiger partial charge < -0.3 is 11.1 Å². The van der Waals surface area contributed by atoms with Gasteiger partial charge in [-0.3, -0.25) is 0 Å². The zero-order valence-electron chi connectivity index (χ0n) is 10.1. The standard InChI is InChI=1S/C12H20N4/c1-3-10-6-11(16-9(2)15-10)14-8-12(7-13)4-5-12/h6H,3-5,7-8,13H2,1-2H3,(H,14,15,16). The lowest BCUT2D eigenvalue weighted by atomic mass is 10.1. The highest BCUT2D eigenvalue weighted by Crippen LogP contribution is 2.44. The van der Waals surface area contributed by atoms with Crippen LogP contribution in [0.3, 0.4) is 0 Å². The summed E-state index contributed by atoms with van der Waals surface area (Å²) in [4.78, 5) is 8.74. The molecule has 0 saturated heterocycles. The second kappa shape index (κ2) is 4.37. The Morgan fingerprint density at radius 2 is 2.19 bits per heavy atom. The third-order valence-corrected chi connectivity index (χ3v) is 3.29. The van der Waals surface area contributed by atoms with Gasteiger partial charge in [-0.25, -0.2) is 9.97 Å². The minimum Gasteiger partial charge on any atom is -0.369 e. The van der Waals surface area contributed by atoms with E-state index in [2.05, 4.69) is 22.2 Å². The molecule has 1 saturated carbocycles. The number of rotatable bonds is 5. The maximum atomic E-state index is 5.75. The Morgan fingerprint density at radius 1 is 1.44 bits per heavy atom. The summed E-state index contributed by atoms with van der Waals surface area (Å²) in [5.74, 6) is 1.77. The van der Waals surface area contributed by atoms with Gasteiger partial charge in [-0.15, -0.1) is 0 Å². The van der Waals surface area contributed by atoms with Crippen LogP contribution in [-0.2, 0) is 6.42 Å². The van der Waals surface area contributed by atoms with Gasteiger partial charge in [0.1, 0.15) is 11.6 Å². The van der Waals surface area contributed by atoms with E-state index in [4.69, 9.17) is 5.73 Å². The topological polar surface area (TPSA) is 63.8 Å². The molecule has 1 aliphatic rings. The molecule has 1 fully saturated rings. The number of nitrogens with zero attached hydrogens (tertiary/aromatic N) is 2. The number of aromatic nitrogens is 2. The molecule has 0 atom stereocenters. The molecule has 0 radical (unpaired) electrons. The van der Waals surface area contributed by atoms with Crippen LogP contribution in [0.1, 0.15) is 31.3 Å². The van der Waals surface area contributed by atoms with Crippen LogP contribution < -0.4 is 11.1 Å². The summed E-state index contributed by atoms with van der Waals surface area (Å²) >= 11 is 0. The summed E-state index contributed by atoms with van der Waals surface area (Å²) < 4.78 is 0. The molecule has 3 N–H and O–H groups in total. The van der Waals surface area contributed by atoms with Gasteiger partial charge >= 0.3 is 0 Å². The summed E-state index contributed by atoms with van der Waals surface area (Å²) in [5, 5.41) is 3.38. The van der Waals surface area contributed by atoms with Crippen molar-refractivity contribution >= 4 is 5.82 Å². The molecule has 16 heavy (non-hydrogen) atoms. The summed E-state index contributed by atoms with van der Waals surface area (Å²) in [6.45, 7) is 5.74. The van der Waals surface area contributed by atoms with Crippen LogP contribution in [0.15, 0.2) is 6.07 Å². The highest BCUT2D eigenvalue weighted by Gasteiger charge is 2.40. The van der Waals surface area contributed by atoms with Gasteiger partial charge in [-0.2, -0.15) is 0 Å². The van der Waals surface area contributed by atoms with Gasteiger partial charge in [0.25, 0.3) is 0 Å². The predicted molar refractivity (Wildman–Crippen MR) is 65.4 cm³/mol. The molecule has 1 heterocycles. The highest BCUT2D eigenvalue weighted by atomic mass is 15.0. The predicted octanol–water partition coefficient (Wildman–Crippen LogP) is 1.50. The van der Waals surface area contributed by atoms with Crippen molar-refractivity contribution in [1.29, 1.82) is 0 Å². The van der Waals surface area contributed by atoms with Crippen LogP contribution in [0.25, 0.3) is 0 Å². The lowest BCUT2D eigenvalue weighted by Gasteiger charge is -2.14. The molecule has 0 amide bonds. The molecule has 4 heteroatoms. The molecular formula is C12H20N4. The van der Waals surface area contributed by atoms with E-state index < -0.39 is 0 Å². The van der Waals surface area contributed by atoms with Crippen LogP contribution in [0.4, 0.5) is 5.82 Å². The summed E-state index contributed by atoms with van der Waals surface area (Å²) in [6, 6.07) is 2.03. The molecular weight excluding hydrogens is 200 g/mol. The first-order chi connectivity index (χ1) is 7.67. The monoisotopic (exact) mass is 220 g/mol. The fourth-order valence-corrected chi connectivity index (χ4v) is 1.81. The SMILES string of the molecule is CCc1cc(NCC2(CN)CC2)nc(C)n1. The first kappa shape index (κ1) is 11.3. The molecule has 0 spiro atoms. The zero-order valence-corrected chi connectivity index (χ0v) is 10.1. The van der Waals surface area contributed by atoms with Gasteiger partial charge in [0.2, 0.25) is 0 Å². The fraction of sp³-hybridized carbons (Fsp3) is 0.667. The Morgan fingerprint density at radius 3 is 2.75 bits per heavy atom. The van der Waals surface area contributed by atoms with E-state index in [-0.39, 0.29) is 0 Å². The molecule has 0 bridgehead atoms. The smallest absolute Gasteiger partial charge is 0.129 e. The maximum absolute atomic E-state index is 5.75. The van der Waals surface area contributed by atoms with E-state index in [0.717, 1.165) is 36.8 Å². The zero-order chi connectivity index (χ0) is 11.6. The molecule has 2 rings (SSSR count). The lowest BCUT2D eigenvalue weighted by molar-refractivity contribution is 0.554. The van der Waals surface area contributed by atoms with Crippen LogP contribution in [-0.4, -0.2) is 23.1 Å². The normalized spacial score (nSPS) is 17.2. The van der Waals surface area contributed by atoms with Crippen molar-refractivity contribution in [2.75, 3.05) is 18.4 Å². The molecule has 1 aromatic heterocycles. The second-order valence-electron chi connectivity index (χ2n) is 4.70. The van der Waals surface area contributed by atoms with E-state index in [1.807, 2.05) is 13.0 Å². The van der Waals surface area contributed by atoms with Crippen molar-refractivity contribution in [3.63, 3.8) is 0 Å². The van der Waals surface area contributed by atoms with Crippen LogP contribution in [0.5, 0.6) is 0 Å². The lowest BCUT2D eigenvalue weighted by Crippen LogP contribution is -2.24. The molecule has 0 aromatic carbocycles. The quantitative estimate of drug-likeness (QED) is 0.789. The Bertz CT molecular complexity index is 371. The highest BCUT2D eigenvalue weighted by molar-refractivity contribution is 5.36. The van der Waals surface area contributed by atoms with Crippen molar-refractivity contribution in [3.05, 3.63) is 17.6 Å². The largest absolute Gasteiger partial charge is 0.369 e. The Labute approximate surface area is 96.7 Å². The molecule has 88 valence electrons. The Kier molecular flexibility index (Phi) is 3.10. The summed E-state index contributed by atoms with van der Waals surface area (Å²) in [5.41, 5.74) is 7.18. The van der Waals surface area contributed by atoms with Crippen LogP contribution in [0.2, 0.25) is 0 Å². The molecule has 4 nitrogen and oxygen atoms in total. The maximum Gasteiger partial charge on any atom is 0.129 e. The first-order valence-corrected chi connectivity index (χ1v) is 5.96. The number of hydrogen-bond donors (Lipinski definition) is 2. The number of nitrogens with two attached hydrogens (primary N) is 1. The Balaban J connectivity index is 2.01. The molecule has 1 aromatic rings. The van der Waals surface area contributed by atoms with Crippen LogP contribution >= 0.6 is 0 Å². The number of nitrogens with one attached hydrogen (secondary N) is 1. The Hall–Kier alpha value is -1.16. The third-order valence-electron chi connectivity index (χ3n) is 3.29. The van der Waals surface area contributed by atoms with Gasteiger partial charge in [-0.1, -0.05) is 6.92 Å². The van der Waals surface area contributed by atoms with Gasteiger partial charge in [0.15, 0.2) is 0 Å². The molecule has 0 aliphatic heterocycles. The minimum atomic E-state index is 0.339. The minimum absolute atomic E-state index is 0.339. The van der Waals surface area contributed by atoms with Crippen molar-refractivity contribution in [2.45, 2.75) is 33.1 Å². The summed E-state index contributed by atoms with van der Waals surface area (Å²) in [7, 11) is 0. The number of hydrogen-bond acceptors (Lipinski definition) is 4. The first-order valence-electron chi connectivity index (χ1n) is 5.96. The fourth-order valence-electron chi connectivity index (χ4n) is 1.81. The molecule has 1 aliphatic carbocycles. The average Bonchev–Trinajstić information content (AvgIpc) is 3.06. The van der Waals surface area contributed by atoms with E-state index in [0.29, 0.717) is 5.41 Å². The van der Waals surface area contributed by atoms with Gasteiger partial charge in [0.05, 0.1) is 0 Å². The van der Waals surface area contributed by atoms with Crippen LogP contribution in [0, 0.1) is 12.3 Å². The van der Waals surface area contributed by atoms with E-state index in [9.17, 15) is 0 Å². The van der Waals surface area contributed by atoms with Crippen molar-refractivity contribution in [1.82, 2.24) is 9.97 Å². The van der Waals surface area contributed by atoms with E-state index in [1.54, 1.807) is 0 Å². The van der Waals surface area contributed by atoms with E-state index in [1.165, 1.54) is 12.8 Å². The number of anilines is 1. The second-order valence-corrected chi connectivity index (χ2v) is 4.70. The van der Waals surface area contributed by atoms with E-state index >= 15 is 0 Å². The van der Waals surface area contributed by atoms with Crippen molar-refractivity contribution < 1.29 is 0 Å². The van der Waals surface area contributed by atoms with Crippen molar-refractivity contribution in [3.8, 4) is 0 Å².